The number of hydrogen-bond donors (Lipinski definition) is 2. The van der Waals surface area contributed by atoms with E-state index in [1.165, 1.54) is 0 Å². The zero-order valence-electron chi connectivity index (χ0n) is 18.6. The lowest BCUT2D eigenvalue weighted by Gasteiger charge is -2.31. The number of aryl methyl sites for hydroxylation is 1. The molecule has 2 N–H and O–H groups in total. The van der Waals surface area contributed by atoms with Crippen LogP contribution in [-0.4, -0.2) is 59.1 Å². The summed E-state index contributed by atoms with van der Waals surface area (Å²) in [5, 5.41) is 10.7. The topological polar surface area (TPSA) is 100 Å². The molecular weight excluding hydrogens is 406 g/mol. The van der Waals surface area contributed by atoms with Crippen molar-refractivity contribution in [1.29, 1.82) is 0 Å². The molecule has 0 atom stereocenters. The summed E-state index contributed by atoms with van der Waals surface area (Å²) in [4.78, 5) is 31.9. The molecule has 1 aliphatic heterocycles. The van der Waals surface area contributed by atoms with Crippen LogP contribution in [0.2, 0.25) is 0 Å². The van der Waals surface area contributed by atoms with Crippen LogP contribution >= 0.6 is 0 Å². The van der Waals surface area contributed by atoms with Crippen molar-refractivity contribution in [3.8, 4) is 11.3 Å². The minimum absolute atomic E-state index is 0.0565. The molecule has 3 heterocycles. The van der Waals surface area contributed by atoms with Crippen LogP contribution in [0.5, 0.6) is 0 Å². The Morgan fingerprint density at radius 1 is 1.19 bits per heavy atom. The SMILES string of the molecule is CCCNC(=O)CN1CCC(NC(=O)c2cc(-c3ccccc3)nc3onc(C)c23)CC1. The van der Waals surface area contributed by atoms with E-state index in [0.29, 0.717) is 41.1 Å². The van der Waals surface area contributed by atoms with E-state index in [4.69, 9.17) is 4.52 Å². The van der Waals surface area contributed by atoms with Crippen LogP contribution in [-0.2, 0) is 4.79 Å². The number of fused-ring (bicyclic) bond motifs is 1. The number of nitrogens with one attached hydrogen (secondary N) is 2. The third kappa shape index (κ3) is 4.96. The second-order valence-electron chi connectivity index (χ2n) is 8.24. The molecule has 0 spiro atoms. The van der Waals surface area contributed by atoms with Crippen LogP contribution < -0.4 is 10.6 Å². The highest BCUT2D eigenvalue weighted by Crippen LogP contribution is 2.27. The van der Waals surface area contributed by atoms with Crippen molar-refractivity contribution >= 4 is 22.9 Å². The largest absolute Gasteiger partial charge is 0.355 e. The average molecular weight is 436 g/mol. The van der Waals surface area contributed by atoms with Crippen LogP contribution in [0, 0.1) is 6.92 Å². The van der Waals surface area contributed by atoms with Crippen molar-refractivity contribution in [2.75, 3.05) is 26.2 Å². The van der Waals surface area contributed by atoms with Gasteiger partial charge in [0.1, 0.15) is 0 Å². The number of hydrogen-bond acceptors (Lipinski definition) is 6. The molecule has 0 radical (unpaired) electrons. The lowest BCUT2D eigenvalue weighted by atomic mass is 10.0. The van der Waals surface area contributed by atoms with Crippen LogP contribution in [0.25, 0.3) is 22.4 Å². The van der Waals surface area contributed by atoms with Crippen molar-refractivity contribution in [2.45, 2.75) is 39.2 Å². The molecule has 8 nitrogen and oxygen atoms in total. The first-order valence-electron chi connectivity index (χ1n) is 11.2. The Labute approximate surface area is 187 Å². The summed E-state index contributed by atoms with van der Waals surface area (Å²) in [6.45, 7) is 6.52. The Balaban J connectivity index is 1.45. The first kappa shape index (κ1) is 22.0. The number of amides is 2. The molecule has 168 valence electrons. The summed E-state index contributed by atoms with van der Waals surface area (Å²) < 4.78 is 5.38. The van der Waals surface area contributed by atoms with E-state index in [0.717, 1.165) is 37.9 Å². The molecule has 2 amide bonds. The van der Waals surface area contributed by atoms with E-state index in [-0.39, 0.29) is 17.9 Å². The number of aromatic nitrogens is 2. The number of carbonyl (C=O) groups excluding carboxylic acids is 2. The molecule has 1 aromatic carbocycles. The molecule has 8 heteroatoms. The number of likely N-dealkylation sites (tertiary alicyclic amines) is 1. The lowest BCUT2D eigenvalue weighted by Crippen LogP contribution is -2.47. The molecular formula is C24H29N5O3. The molecule has 3 aromatic rings. The Hall–Kier alpha value is -3.26. The highest BCUT2D eigenvalue weighted by atomic mass is 16.5. The number of carbonyl (C=O) groups is 2. The third-order valence-electron chi connectivity index (χ3n) is 5.79. The average Bonchev–Trinajstić information content (AvgIpc) is 3.19. The van der Waals surface area contributed by atoms with E-state index in [1.807, 2.05) is 50.2 Å². The molecule has 1 aliphatic rings. The molecule has 0 unspecified atom stereocenters. The Morgan fingerprint density at radius 3 is 2.66 bits per heavy atom. The molecule has 0 aliphatic carbocycles. The highest BCUT2D eigenvalue weighted by Gasteiger charge is 2.25. The van der Waals surface area contributed by atoms with E-state index in [2.05, 4.69) is 25.7 Å². The minimum Gasteiger partial charge on any atom is -0.355 e. The number of rotatable bonds is 7. The van der Waals surface area contributed by atoms with E-state index < -0.39 is 0 Å². The van der Waals surface area contributed by atoms with Gasteiger partial charge in [-0.2, -0.15) is 0 Å². The molecule has 0 bridgehead atoms. The molecule has 32 heavy (non-hydrogen) atoms. The number of nitrogens with zero attached hydrogens (tertiary/aromatic N) is 3. The van der Waals surface area contributed by atoms with Crippen molar-refractivity contribution < 1.29 is 14.1 Å². The Kier molecular flexibility index (Phi) is 6.80. The van der Waals surface area contributed by atoms with Gasteiger partial charge >= 0.3 is 0 Å². The van der Waals surface area contributed by atoms with Gasteiger partial charge in [0.2, 0.25) is 5.91 Å². The summed E-state index contributed by atoms with van der Waals surface area (Å²) in [5.41, 5.74) is 3.11. The minimum atomic E-state index is -0.153. The summed E-state index contributed by atoms with van der Waals surface area (Å²) in [6, 6.07) is 11.6. The second kappa shape index (κ2) is 9.91. The van der Waals surface area contributed by atoms with Gasteiger partial charge in [0, 0.05) is 31.2 Å². The normalized spacial score (nSPS) is 15.1. The highest BCUT2D eigenvalue weighted by molar-refractivity contribution is 6.07. The van der Waals surface area contributed by atoms with Crippen LogP contribution in [0.3, 0.4) is 0 Å². The van der Waals surface area contributed by atoms with E-state index in [1.54, 1.807) is 0 Å². The molecule has 1 saturated heterocycles. The molecule has 4 rings (SSSR count). The van der Waals surface area contributed by atoms with Gasteiger partial charge < -0.3 is 15.2 Å². The number of benzene rings is 1. The van der Waals surface area contributed by atoms with Gasteiger partial charge in [-0.25, -0.2) is 4.98 Å². The Bertz CT molecular complexity index is 1090. The quantitative estimate of drug-likeness (QED) is 0.592. The standard InChI is InChI=1S/C24H29N5O3/c1-3-11-25-21(30)15-29-12-9-18(10-13-29)26-23(31)19-14-20(17-7-5-4-6-8-17)27-24-22(19)16(2)28-32-24/h4-8,14,18H,3,9-13,15H2,1-2H3,(H,25,30)(H,26,31). The van der Waals surface area contributed by atoms with Crippen molar-refractivity contribution in [3.63, 3.8) is 0 Å². The van der Waals surface area contributed by atoms with Gasteiger partial charge in [0.05, 0.1) is 28.9 Å². The zero-order chi connectivity index (χ0) is 22.5. The first-order chi connectivity index (χ1) is 15.5. The smallest absolute Gasteiger partial charge is 0.259 e. The predicted octanol–water partition coefficient (Wildman–Crippen LogP) is 2.92. The Morgan fingerprint density at radius 2 is 1.94 bits per heavy atom. The second-order valence-corrected chi connectivity index (χ2v) is 8.24. The first-order valence-corrected chi connectivity index (χ1v) is 11.2. The van der Waals surface area contributed by atoms with Crippen LogP contribution in [0.15, 0.2) is 40.9 Å². The summed E-state index contributed by atoms with van der Waals surface area (Å²) in [6.07, 6.45) is 2.53. The summed E-state index contributed by atoms with van der Waals surface area (Å²) in [5.74, 6) is -0.0927. The fourth-order valence-electron chi connectivity index (χ4n) is 4.05. The molecule has 2 aromatic heterocycles. The monoisotopic (exact) mass is 435 g/mol. The van der Waals surface area contributed by atoms with Crippen molar-refractivity contribution in [1.82, 2.24) is 25.7 Å². The van der Waals surface area contributed by atoms with Gasteiger partial charge in [-0.3, -0.25) is 14.5 Å². The zero-order valence-corrected chi connectivity index (χ0v) is 18.6. The lowest BCUT2D eigenvalue weighted by molar-refractivity contribution is -0.122. The van der Waals surface area contributed by atoms with E-state index >= 15 is 0 Å². The maximum atomic E-state index is 13.3. The van der Waals surface area contributed by atoms with Crippen LogP contribution in [0.4, 0.5) is 0 Å². The maximum absolute atomic E-state index is 13.3. The van der Waals surface area contributed by atoms with Gasteiger partial charge in [-0.05, 0) is 32.3 Å². The van der Waals surface area contributed by atoms with Crippen LogP contribution in [0.1, 0.15) is 42.2 Å². The maximum Gasteiger partial charge on any atom is 0.259 e. The third-order valence-corrected chi connectivity index (χ3v) is 5.79. The van der Waals surface area contributed by atoms with Gasteiger partial charge in [0.25, 0.3) is 11.6 Å². The fourth-order valence-corrected chi connectivity index (χ4v) is 4.05. The van der Waals surface area contributed by atoms with Gasteiger partial charge in [-0.1, -0.05) is 42.4 Å². The molecule has 0 saturated carbocycles. The fraction of sp³-hybridized carbons (Fsp3) is 0.417. The summed E-state index contributed by atoms with van der Waals surface area (Å²) >= 11 is 0. The summed E-state index contributed by atoms with van der Waals surface area (Å²) in [7, 11) is 0. The van der Waals surface area contributed by atoms with Gasteiger partial charge in [-0.15, -0.1) is 0 Å². The predicted molar refractivity (Wildman–Crippen MR) is 122 cm³/mol. The van der Waals surface area contributed by atoms with Crippen molar-refractivity contribution in [3.05, 3.63) is 47.7 Å². The molecule has 1 fully saturated rings. The number of piperidine rings is 1. The number of pyridine rings is 1. The van der Waals surface area contributed by atoms with Crippen molar-refractivity contribution in [2.24, 2.45) is 0 Å². The van der Waals surface area contributed by atoms with E-state index in [9.17, 15) is 9.59 Å². The van der Waals surface area contributed by atoms with Gasteiger partial charge in [0.15, 0.2) is 0 Å².